The first-order valence-electron chi connectivity index (χ1n) is 9.75. The molecule has 0 bridgehead atoms. The summed E-state index contributed by atoms with van der Waals surface area (Å²) >= 11 is 0. The van der Waals surface area contributed by atoms with Gasteiger partial charge in [0, 0.05) is 33.0 Å². The molecule has 1 atom stereocenters. The largest absolute Gasteiger partial charge is 0.376 e. The average molecular weight is 382 g/mol. The molecule has 0 radical (unpaired) electrons. The normalized spacial score (nSPS) is 19.1. The van der Waals surface area contributed by atoms with Crippen molar-refractivity contribution < 1.29 is 9.59 Å². The van der Waals surface area contributed by atoms with Gasteiger partial charge in [0.05, 0.1) is 23.0 Å². The minimum atomic E-state index is -0.186. The Hall–Kier alpha value is -2.90. The summed E-state index contributed by atoms with van der Waals surface area (Å²) in [5.74, 6) is 0.186. The zero-order chi connectivity index (χ0) is 19.7. The lowest BCUT2D eigenvalue weighted by atomic mass is 9.84. The highest BCUT2D eigenvalue weighted by Crippen LogP contribution is 2.39. The number of benzene rings is 1. The molecule has 1 fully saturated rings. The van der Waals surface area contributed by atoms with Gasteiger partial charge in [-0.05, 0) is 31.9 Å². The molecule has 1 aromatic carbocycles. The number of piperidine rings is 1. The molecule has 3 heterocycles. The van der Waals surface area contributed by atoms with Gasteiger partial charge in [0.25, 0.3) is 0 Å². The second kappa shape index (κ2) is 7.26. The fourth-order valence-corrected chi connectivity index (χ4v) is 4.20. The Balaban J connectivity index is 1.42. The fourth-order valence-electron chi connectivity index (χ4n) is 4.20. The first kappa shape index (κ1) is 18.5. The van der Waals surface area contributed by atoms with Crippen LogP contribution in [0.15, 0.2) is 36.9 Å². The van der Waals surface area contributed by atoms with Gasteiger partial charge in [0.15, 0.2) is 0 Å². The average Bonchev–Trinajstić information content (AvgIpc) is 3.23. The predicted octanol–water partition coefficient (Wildman–Crippen LogP) is 2.07. The van der Waals surface area contributed by atoms with Gasteiger partial charge in [-0.15, -0.1) is 0 Å². The summed E-state index contributed by atoms with van der Waals surface area (Å²) in [6, 6.07) is 7.91. The van der Waals surface area contributed by atoms with E-state index in [1.807, 2.05) is 41.0 Å². The molecule has 1 N–H and O–H groups in total. The van der Waals surface area contributed by atoms with E-state index in [1.54, 1.807) is 17.9 Å². The lowest BCUT2D eigenvalue weighted by Gasteiger charge is -2.49. The third-order valence-corrected chi connectivity index (χ3v) is 5.87. The first-order valence-corrected chi connectivity index (χ1v) is 9.75. The number of carbonyl (C=O) groups excluding carboxylic acids is 2. The molecule has 0 aliphatic carbocycles. The standard InChI is InChI=1S/C20H26N6O2/c1-15(26-14-21-13-22-26)11-19(28)24-9-7-20(8-10-24)12-25(16(2)27)18-6-4-3-5-17(18)23-20/h3-6,13-15,23H,7-12H2,1-2H3. The van der Waals surface area contributed by atoms with Crippen LogP contribution in [-0.4, -0.2) is 56.7 Å². The summed E-state index contributed by atoms with van der Waals surface area (Å²) < 4.78 is 1.72. The maximum Gasteiger partial charge on any atom is 0.224 e. The molecule has 2 aliphatic heterocycles. The molecule has 1 spiro atoms. The first-order chi connectivity index (χ1) is 13.5. The van der Waals surface area contributed by atoms with Gasteiger partial charge >= 0.3 is 0 Å². The molecule has 2 aliphatic rings. The highest BCUT2D eigenvalue weighted by Gasteiger charge is 2.42. The molecule has 8 heteroatoms. The molecule has 1 saturated heterocycles. The number of nitrogens with one attached hydrogen (secondary N) is 1. The van der Waals surface area contributed by atoms with E-state index in [9.17, 15) is 9.59 Å². The zero-order valence-electron chi connectivity index (χ0n) is 16.3. The van der Waals surface area contributed by atoms with Crippen molar-refractivity contribution in [3.8, 4) is 0 Å². The number of hydrogen-bond donors (Lipinski definition) is 1. The van der Waals surface area contributed by atoms with Crippen LogP contribution in [0.3, 0.4) is 0 Å². The Labute approximate surface area is 164 Å². The molecule has 8 nitrogen and oxygen atoms in total. The van der Waals surface area contributed by atoms with Gasteiger partial charge in [-0.3, -0.25) is 9.59 Å². The van der Waals surface area contributed by atoms with Crippen LogP contribution in [0.1, 0.15) is 39.2 Å². The molecule has 4 rings (SSSR count). The maximum atomic E-state index is 12.7. The number of rotatable bonds is 3. The van der Waals surface area contributed by atoms with Crippen LogP contribution in [0.25, 0.3) is 0 Å². The number of amides is 2. The van der Waals surface area contributed by atoms with E-state index in [0.29, 0.717) is 26.1 Å². The second-order valence-electron chi connectivity index (χ2n) is 7.84. The Morgan fingerprint density at radius 3 is 2.68 bits per heavy atom. The number of carbonyl (C=O) groups is 2. The van der Waals surface area contributed by atoms with Gasteiger partial charge in [0.2, 0.25) is 11.8 Å². The van der Waals surface area contributed by atoms with Crippen molar-refractivity contribution in [2.24, 2.45) is 0 Å². The summed E-state index contributed by atoms with van der Waals surface area (Å²) in [5, 5.41) is 7.78. The van der Waals surface area contributed by atoms with E-state index in [1.165, 1.54) is 6.33 Å². The van der Waals surface area contributed by atoms with Crippen molar-refractivity contribution in [3.63, 3.8) is 0 Å². The van der Waals surface area contributed by atoms with E-state index in [0.717, 1.165) is 24.2 Å². The third-order valence-electron chi connectivity index (χ3n) is 5.87. The van der Waals surface area contributed by atoms with E-state index in [2.05, 4.69) is 15.4 Å². The van der Waals surface area contributed by atoms with Gasteiger partial charge in [-0.1, -0.05) is 12.1 Å². The molecule has 1 unspecified atom stereocenters. The van der Waals surface area contributed by atoms with Crippen LogP contribution < -0.4 is 10.2 Å². The number of anilines is 2. The number of likely N-dealkylation sites (tertiary alicyclic amines) is 1. The van der Waals surface area contributed by atoms with Crippen LogP contribution in [-0.2, 0) is 9.59 Å². The zero-order valence-corrected chi connectivity index (χ0v) is 16.3. The van der Waals surface area contributed by atoms with Crippen LogP contribution in [0.5, 0.6) is 0 Å². The van der Waals surface area contributed by atoms with E-state index in [4.69, 9.17) is 0 Å². The van der Waals surface area contributed by atoms with Crippen molar-refractivity contribution >= 4 is 23.2 Å². The highest BCUT2D eigenvalue weighted by molar-refractivity contribution is 5.96. The van der Waals surface area contributed by atoms with Crippen molar-refractivity contribution in [1.82, 2.24) is 19.7 Å². The number of fused-ring (bicyclic) bond motifs is 1. The number of para-hydroxylation sites is 2. The summed E-state index contributed by atoms with van der Waals surface area (Å²) in [4.78, 5) is 32.7. The van der Waals surface area contributed by atoms with Crippen molar-refractivity contribution in [3.05, 3.63) is 36.9 Å². The Bertz CT molecular complexity index is 857. The van der Waals surface area contributed by atoms with Crippen molar-refractivity contribution in [1.29, 1.82) is 0 Å². The molecule has 2 aromatic rings. The topological polar surface area (TPSA) is 83.4 Å². The number of hydrogen-bond acceptors (Lipinski definition) is 5. The molecular weight excluding hydrogens is 356 g/mol. The smallest absolute Gasteiger partial charge is 0.224 e. The summed E-state index contributed by atoms with van der Waals surface area (Å²) in [5.41, 5.74) is 1.73. The van der Waals surface area contributed by atoms with Crippen LogP contribution in [0.4, 0.5) is 11.4 Å². The number of nitrogens with zero attached hydrogens (tertiary/aromatic N) is 5. The highest BCUT2D eigenvalue weighted by atomic mass is 16.2. The minimum Gasteiger partial charge on any atom is -0.376 e. The molecule has 1 aromatic heterocycles. The molecule has 0 saturated carbocycles. The van der Waals surface area contributed by atoms with Crippen LogP contribution in [0, 0.1) is 0 Å². The Morgan fingerprint density at radius 2 is 2.00 bits per heavy atom. The summed E-state index contributed by atoms with van der Waals surface area (Å²) in [6.45, 7) is 5.59. The monoisotopic (exact) mass is 382 g/mol. The van der Waals surface area contributed by atoms with Crippen molar-refractivity contribution in [2.45, 2.75) is 44.7 Å². The summed E-state index contributed by atoms with van der Waals surface area (Å²) in [6.07, 6.45) is 5.16. The molecule has 2 amide bonds. The lowest BCUT2D eigenvalue weighted by Crippen LogP contribution is -2.59. The van der Waals surface area contributed by atoms with Gasteiger partial charge in [0.1, 0.15) is 12.7 Å². The maximum absolute atomic E-state index is 12.7. The minimum absolute atomic E-state index is 0.0150. The fraction of sp³-hybridized carbons (Fsp3) is 0.500. The van der Waals surface area contributed by atoms with E-state index in [-0.39, 0.29) is 23.4 Å². The van der Waals surface area contributed by atoms with Gasteiger partial charge < -0.3 is 15.1 Å². The van der Waals surface area contributed by atoms with E-state index < -0.39 is 0 Å². The molecule has 28 heavy (non-hydrogen) atoms. The summed E-state index contributed by atoms with van der Waals surface area (Å²) in [7, 11) is 0. The second-order valence-corrected chi connectivity index (χ2v) is 7.84. The quantitative estimate of drug-likeness (QED) is 0.879. The Kier molecular flexibility index (Phi) is 4.78. The van der Waals surface area contributed by atoms with Crippen LogP contribution >= 0.6 is 0 Å². The predicted molar refractivity (Wildman–Crippen MR) is 106 cm³/mol. The van der Waals surface area contributed by atoms with Crippen molar-refractivity contribution in [2.75, 3.05) is 29.9 Å². The number of aromatic nitrogens is 3. The van der Waals surface area contributed by atoms with Gasteiger partial charge in [-0.2, -0.15) is 5.10 Å². The Morgan fingerprint density at radius 1 is 1.25 bits per heavy atom. The SMILES string of the molecule is CC(=O)N1CC2(CCN(C(=O)CC(C)n3cncn3)CC2)Nc2ccccc21. The van der Waals surface area contributed by atoms with E-state index >= 15 is 0 Å². The lowest BCUT2D eigenvalue weighted by molar-refractivity contribution is -0.133. The molecular formula is C20H26N6O2. The van der Waals surface area contributed by atoms with Gasteiger partial charge in [-0.25, -0.2) is 9.67 Å². The van der Waals surface area contributed by atoms with Crippen LogP contribution in [0.2, 0.25) is 0 Å². The molecule has 148 valence electrons. The third kappa shape index (κ3) is 3.46.